The summed E-state index contributed by atoms with van der Waals surface area (Å²) in [4.78, 5) is 12.2. The van der Waals surface area contributed by atoms with Gasteiger partial charge in [0.05, 0.1) is 11.9 Å². The zero-order chi connectivity index (χ0) is 21.3. The van der Waals surface area contributed by atoms with E-state index in [1.54, 1.807) is 0 Å². The Morgan fingerprint density at radius 3 is 2.80 bits per heavy atom. The van der Waals surface area contributed by atoms with Crippen molar-refractivity contribution >= 4 is 17.7 Å². The Kier molecular flexibility index (Phi) is 8.57. The van der Waals surface area contributed by atoms with Gasteiger partial charge in [-0.15, -0.1) is 10.2 Å². The Labute approximate surface area is 182 Å². The van der Waals surface area contributed by atoms with Crippen LogP contribution in [0.3, 0.4) is 0 Å². The minimum atomic E-state index is -0.0107. The molecular weight excluding hydrogens is 400 g/mol. The van der Waals surface area contributed by atoms with Crippen LogP contribution in [0.25, 0.3) is 0 Å². The van der Waals surface area contributed by atoms with E-state index in [-0.39, 0.29) is 12.0 Å². The highest BCUT2D eigenvalue weighted by molar-refractivity contribution is 7.99. The van der Waals surface area contributed by atoms with Gasteiger partial charge in [-0.1, -0.05) is 44.7 Å². The highest BCUT2D eigenvalue weighted by Gasteiger charge is 2.18. The third-order valence-electron chi connectivity index (χ3n) is 4.92. The maximum atomic E-state index is 12.2. The lowest BCUT2D eigenvalue weighted by Crippen LogP contribution is -2.33. The largest absolute Gasteiger partial charge is 0.486 e. The molecule has 1 atom stereocenters. The number of hydrogen-bond acceptors (Lipinski definition) is 6. The first-order valence-corrected chi connectivity index (χ1v) is 11.7. The third kappa shape index (κ3) is 6.74. The van der Waals surface area contributed by atoms with Crippen molar-refractivity contribution < 1.29 is 14.3 Å². The van der Waals surface area contributed by atoms with Crippen molar-refractivity contribution in [1.29, 1.82) is 0 Å². The second-order valence-electron chi connectivity index (χ2n) is 7.92. The van der Waals surface area contributed by atoms with Crippen LogP contribution in [0, 0.1) is 5.92 Å². The molecule has 1 aromatic heterocycles. The average Bonchev–Trinajstić information content (AvgIpc) is 3.39. The molecule has 2 aromatic rings. The van der Waals surface area contributed by atoms with Crippen molar-refractivity contribution in [3.8, 4) is 5.75 Å². The first-order chi connectivity index (χ1) is 14.5. The van der Waals surface area contributed by atoms with Crippen LogP contribution in [-0.2, 0) is 29.1 Å². The number of aromatic nitrogens is 3. The van der Waals surface area contributed by atoms with Gasteiger partial charge in [-0.3, -0.25) is 4.79 Å². The van der Waals surface area contributed by atoms with Crippen LogP contribution in [0.4, 0.5) is 0 Å². The highest BCUT2D eigenvalue weighted by Crippen LogP contribution is 2.20. The molecule has 1 aliphatic heterocycles. The van der Waals surface area contributed by atoms with Crippen molar-refractivity contribution in [1.82, 2.24) is 20.1 Å². The molecule has 2 heterocycles. The van der Waals surface area contributed by atoms with Crippen molar-refractivity contribution in [2.45, 2.75) is 64.4 Å². The molecule has 0 radical (unpaired) electrons. The van der Waals surface area contributed by atoms with Gasteiger partial charge in [0.2, 0.25) is 5.91 Å². The smallest absolute Gasteiger partial charge is 0.230 e. The monoisotopic (exact) mass is 432 g/mol. The molecule has 1 aromatic carbocycles. The lowest BCUT2D eigenvalue weighted by molar-refractivity contribution is -0.119. The van der Waals surface area contributed by atoms with Gasteiger partial charge in [0.25, 0.3) is 0 Å². The van der Waals surface area contributed by atoms with Crippen molar-refractivity contribution in [3.63, 3.8) is 0 Å². The Morgan fingerprint density at radius 2 is 2.13 bits per heavy atom. The number of carbonyl (C=O) groups is 1. The molecule has 3 rings (SSSR count). The summed E-state index contributed by atoms with van der Waals surface area (Å²) in [6.07, 6.45) is 3.24. The van der Waals surface area contributed by atoms with Crippen LogP contribution in [0.15, 0.2) is 29.4 Å². The van der Waals surface area contributed by atoms with Crippen molar-refractivity contribution in [3.05, 3.63) is 35.7 Å². The SMILES string of the molecule is CCc1ccc(OCc2nnc(SCC(=O)NCC3CCCO3)n2CC(C)C)cc1. The molecule has 0 aliphatic carbocycles. The Bertz CT molecular complexity index is 801. The molecule has 8 heteroatoms. The normalized spacial score (nSPS) is 16.2. The molecule has 0 saturated carbocycles. The zero-order valence-corrected chi connectivity index (χ0v) is 18.9. The summed E-state index contributed by atoms with van der Waals surface area (Å²) < 4.78 is 13.5. The number of nitrogens with zero attached hydrogens (tertiary/aromatic N) is 3. The number of hydrogen-bond donors (Lipinski definition) is 1. The van der Waals surface area contributed by atoms with Crippen LogP contribution in [0.5, 0.6) is 5.75 Å². The molecule has 30 heavy (non-hydrogen) atoms. The van der Waals surface area contributed by atoms with Gasteiger partial charge in [-0.05, 0) is 42.9 Å². The number of thioether (sulfide) groups is 1. The average molecular weight is 433 g/mol. The van der Waals surface area contributed by atoms with Crippen LogP contribution >= 0.6 is 11.8 Å². The first kappa shape index (κ1) is 22.6. The standard InChI is InChI=1S/C22H32N4O3S/c1-4-17-7-9-18(10-8-17)29-14-20-24-25-22(26(20)13-16(2)3)30-15-21(27)23-12-19-6-5-11-28-19/h7-10,16,19H,4-6,11-15H2,1-3H3,(H,23,27). The molecule has 1 aliphatic rings. The van der Waals surface area contributed by atoms with E-state index in [9.17, 15) is 4.79 Å². The van der Waals surface area contributed by atoms with E-state index in [2.05, 4.69) is 53.0 Å². The number of aryl methyl sites for hydroxylation is 1. The van der Waals surface area contributed by atoms with E-state index in [0.717, 1.165) is 49.1 Å². The fourth-order valence-corrected chi connectivity index (χ4v) is 4.06. The molecule has 0 bridgehead atoms. The molecule has 7 nitrogen and oxygen atoms in total. The van der Waals surface area contributed by atoms with Gasteiger partial charge in [0.15, 0.2) is 11.0 Å². The molecule has 1 N–H and O–H groups in total. The summed E-state index contributed by atoms with van der Waals surface area (Å²) in [6, 6.07) is 8.11. The molecule has 1 amide bonds. The molecular formula is C22H32N4O3S. The number of rotatable bonds is 11. The maximum absolute atomic E-state index is 12.2. The Morgan fingerprint density at radius 1 is 1.33 bits per heavy atom. The molecule has 1 unspecified atom stereocenters. The molecule has 164 valence electrons. The summed E-state index contributed by atoms with van der Waals surface area (Å²) in [6.45, 7) is 8.92. The van der Waals surface area contributed by atoms with E-state index < -0.39 is 0 Å². The predicted octanol–water partition coefficient (Wildman–Crippen LogP) is 3.46. The topological polar surface area (TPSA) is 78.3 Å². The van der Waals surface area contributed by atoms with Crippen LogP contribution in [-0.4, -0.2) is 45.7 Å². The fraction of sp³-hybridized carbons (Fsp3) is 0.591. The highest BCUT2D eigenvalue weighted by atomic mass is 32.2. The lowest BCUT2D eigenvalue weighted by Gasteiger charge is -2.13. The van der Waals surface area contributed by atoms with E-state index in [1.165, 1.54) is 17.3 Å². The number of carbonyl (C=O) groups excluding carboxylic acids is 1. The van der Waals surface area contributed by atoms with Gasteiger partial charge in [-0.2, -0.15) is 0 Å². The number of ether oxygens (including phenoxy) is 2. The van der Waals surface area contributed by atoms with Gasteiger partial charge < -0.3 is 19.4 Å². The lowest BCUT2D eigenvalue weighted by atomic mass is 10.2. The quantitative estimate of drug-likeness (QED) is 0.548. The fourth-order valence-electron chi connectivity index (χ4n) is 3.26. The van der Waals surface area contributed by atoms with E-state index in [1.807, 2.05) is 12.1 Å². The molecule has 0 spiro atoms. The van der Waals surface area contributed by atoms with Crippen LogP contribution in [0.2, 0.25) is 0 Å². The van der Waals surface area contributed by atoms with Gasteiger partial charge in [0, 0.05) is 19.7 Å². The number of benzene rings is 1. The van der Waals surface area contributed by atoms with Crippen molar-refractivity contribution in [2.75, 3.05) is 18.9 Å². The van der Waals surface area contributed by atoms with Gasteiger partial charge >= 0.3 is 0 Å². The number of amides is 1. The minimum absolute atomic E-state index is 0.0107. The van der Waals surface area contributed by atoms with Crippen LogP contribution in [0.1, 0.15) is 45.0 Å². The summed E-state index contributed by atoms with van der Waals surface area (Å²) in [7, 11) is 0. The Balaban J connectivity index is 1.55. The predicted molar refractivity (Wildman–Crippen MR) is 118 cm³/mol. The van der Waals surface area contributed by atoms with E-state index >= 15 is 0 Å². The van der Waals surface area contributed by atoms with Crippen molar-refractivity contribution in [2.24, 2.45) is 5.92 Å². The minimum Gasteiger partial charge on any atom is -0.486 e. The zero-order valence-electron chi connectivity index (χ0n) is 18.1. The number of nitrogens with one attached hydrogen (secondary N) is 1. The van der Waals surface area contributed by atoms with Crippen LogP contribution < -0.4 is 10.1 Å². The summed E-state index contributed by atoms with van der Waals surface area (Å²) in [5.74, 6) is 2.31. The second kappa shape index (κ2) is 11.4. The molecule has 1 saturated heterocycles. The molecule has 1 fully saturated rings. The maximum Gasteiger partial charge on any atom is 0.230 e. The van der Waals surface area contributed by atoms with Gasteiger partial charge in [0.1, 0.15) is 12.4 Å². The second-order valence-corrected chi connectivity index (χ2v) is 8.86. The summed E-state index contributed by atoms with van der Waals surface area (Å²) >= 11 is 1.41. The Hall–Kier alpha value is -2.06. The summed E-state index contributed by atoms with van der Waals surface area (Å²) in [5, 5.41) is 12.3. The van der Waals surface area contributed by atoms with E-state index in [0.29, 0.717) is 24.8 Å². The first-order valence-electron chi connectivity index (χ1n) is 10.7. The summed E-state index contributed by atoms with van der Waals surface area (Å²) in [5.41, 5.74) is 1.28. The van der Waals surface area contributed by atoms with E-state index in [4.69, 9.17) is 9.47 Å². The third-order valence-corrected chi connectivity index (χ3v) is 5.89. The van der Waals surface area contributed by atoms with Gasteiger partial charge in [-0.25, -0.2) is 0 Å².